The van der Waals surface area contributed by atoms with Crippen LogP contribution in [0.25, 0.3) is 0 Å². The highest BCUT2D eigenvalue weighted by molar-refractivity contribution is 6.37. The average Bonchev–Trinajstić information content (AvgIpc) is 3.46. The number of hydrogen-bond acceptors (Lipinski definition) is 5. The molecule has 3 rings (SSSR count). The first-order valence-electron chi connectivity index (χ1n) is 10.6. The highest BCUT2D eigenvalue weighted by Crippen LogP contribution is 2.65. The van der Waals surface area contributed by atoms with Crippen LogP contribution in [0, 0.1) is 28.6 Å². The molecule has 0 spiro atoms. The molecule has 4 N–H and O–H groups in total. The number of Topliss-reactive ketones (excluding diaryl/α,β-unsaturated/α-hetero) is 1. The number of primary amides is 1. The van der Waals surface area contributed by atoms with E-state index in [-0.39, 0.29) is 23.2 Å². The molecule has 0 aromatic rings. The van der Waals surface area contributed by atoms with Crippen LogP contribution in [0.1, 0.15) is 53.9 Å². The Bertz CT molecular complexity index is 759. The monoisotopic (exact) mass is 440 g/mol. The summed E-state index contributed by atoms with van der Waals surface area (Å²) in [6, 6.07) is -2.30. The molecule has 30 heavy (non-hydrogen) atoms. The van der Waals surface area contributed by atoms with Crippen LogP contribution in [-0.2, 0) is 19.2 Å². The molecule has 168 valence electrons. The molecule has 0 radical (unpaired) electrons. The number of carbonyl (C=O) groups is 4. The highest BCUT2D eigenvalue weighted by Gasteiger charge is 2.69. The maximum absolute atomic E-state index is 13.3. The third-order valence-electron chi connectivity index (χ3n) is 7.12. The van der Waals surface area contributed by atoms with E-state index in [9.17, 15) is 19.2 Å². The van der Waals surface area contributed by atoms with Crippen molar-refractivity contribution in [2.75, 3.05) is 6.54 Å². The lowest BCUT2D eigenvalue weighted by molar-refractivity contribution is -0.145. The van der Waals surface area contributed by atoms with E-state index in [1.165, 1.54) is 0 Å². The second-order valence-corrected chi connectivity index (χ2v) is 11.0. The lowest BCUT2D eigenvalue weighted by atomic mass is 9.86. The molecule has 0 aromatic heterocycles. The number of piperidine rings is 1. The second kappa shape index (κ2) is 7.79. The zero-order valence-corrected chi connectivity index (χ0v) is 19.1. The van der Waals surface area contributed by atoms with Crippen molar-refractivity contribution >= 4 is 35.3 Å². The van der Waals surface area contributed by atoms with E-state index < -0.39 is 41.1 Å². The Morgan fingerprint density at radius 3 is 2.27 bits per heavy atom. The van der Waals surface area contributed by atoms with Crippen LogP contribution in [0.4, 0.5) is 0 Å². The van der Waals surface area contributed by atoms with E-state index in [2.05, 4.69) is 24.0 Å². The Hall–Kier alpha value is -1.67. The molecule has 1 aliphatic heterocycles. The van der Waals surface area contributed by atoms with Gasteiger partial charge < -0.3 is 16.0 Å². The number of nitrogens with zero attached hydrogens (tertiary/aromatic N) is 1. The largest absolute Gasteiger partial charge is 0.363 e. The van der Waals surface area contributed by atoms with Crippen molar-refractivity contribution in [2.24, 2.45) is 34.3 Å². The molecule has 0 aromatic carbocycles. The van der Waals surface area contributed by atoms with Crippen LogP contribution in [0.15, 0.2) is 0 Å². The Morgan fingerprint density at radius 2 is 1.80 bits per heavy atom. The molecule has 2 aliphatic carbocycles. The molecular weight excluding hydrogens is 408 g/mol. The predicted octanol–water partition coefficient (Wildman–Crippen LogP) is 0.967. The smallest absolute Gasteiger partial charge is 0.287 e. The molecule has 5 unspecified atom stereocenters. The SMILES string of the molecule is CC(C)(C)C(NCl)C(=O)N1CC2C(C1C(=O)NC(CC1CC1)C(=O)C(N)=O)C2(C)C. The number of rotatable bonds is 8. The molecule has 1 saturated heterocycles. The summed E-state index contributed by atoms with van der Waals surface area (Å²) in [7, 11) is 0. The van der Waals surface area contributed by atoms with Gasteiger partial charge in [-0.1, -0.05) is 47.5 Å². The number of nitrogens with one attached hydrogen (secondary N) is 2. The zero-order valence-electron chi connectivity index (χ0n) is 18.3. The molecule has 8 nitrogen and oxygen atoms in total. The lowest BCUT2D eigenvalue weighted by Crippen LogP contribution is -2.59. The van der Waals surface area contributed by atoms with Gasteiger partial charge in [0.15, 0.2) is 0 Å². The Labute approximate surface area is 182 Å². The van der Waals surface area contributed by atoms with Crippen molar-refractivity contribution in [3.63, 3.8) is 0 Å². The van der Waals surface area contributed by atoms with Crippen molar-refractivity contribution < 1.29 is 19.2 Å². The van der Waals surface area contributed by atoms with Crippen LogP contribution in [0.3, 0.4) is 0 Å². The molecule has 0 bridgehead atoms. The van der Waals surface area contributed by atoms with Crippen LogP contribution < -0.4 is 15.9 Å². The minimum atomic E-state index is -1.05. The highest BCUT2D eigenvalue weighted by atomic mass is 35.5. The van der Waals surface area contributed by atoms with Gasteiger partial charge in [-0.15, -0.1) is 0 Å². The second-order valence-electron chi connectivity index (χ2n) is 10.8. The van der Waals surface area contributed by atoms with Crippen LogP contribution in [0.2, 0.25) is 0 Å². The fourth-order valence-corrected chi connectivity index (χ4v) is 5.33. The number of nitrogens with two attached hydrogens (primary N) is 1. The van der Waals surface area contributed by atoms with Gasteiger partial charge in [0.25, 0.3) is 5.91 Å². The van der Waals surface area contributed by atoms with E-state index in [1.807, 2.05) is 20.8 Å². The summed E-state index contributed by atoms with van der Waals surface area (Å²) in [5.41, 5.74) is 4.68. The normalized spacial score (nSPS) is 29.0. The van der Waals surface area contributed by atoms with Gasteiger partial charge in [-0.05, 0) is 46.8 Å². The van der Waals surface area contributed by atoms with Crippen LogP contribution in [0.5, 0.6) is 0 Å². The summed E-state index contributed by atoms with van der Waals surface area (Å²) >= 11 is 5.89. The average molecular weight is 441 g/mol. The van der Waals surface area contributed by atoms with E-state index in [4.69, 9.17) is 17.5 Å². The van der Waals surface area contributed by atoms with E-state index in [0.29, 0.717) is 18.9 Å². The Kier molecular flexibility index (Phi) is 5.97. The van der Waals surface area contributed by atoms with Crippen molar-refractivity contribution in [2.45, 2.75) is 72.0 Å². The van der Waals surface area contributed by atoms with Gasteiger partial charge in [0, 0.05) is 6.54 Å². The third kappa shape index (κ3) is 4.21. The van der Waals surface area contributed by atoms with Gasteiger partial charge in [0.1, 0.15) is 12.1 Å². The summed E-state index contributed by atoms with van der Waals surface area (Å²) in [4.78, 5) is 54.5. The van der Waals surface area contributed by atoms with Gasteiger partial charge in [0.2, 0.25) is 17.6 Å². The molecule has 2 saturated carbocycles. The Balaban J connectivity index is 1.81. The molecule has 5 atom stereocenters. The van der Waals surface area contributed by atoms with Crippen molar-refractivity contribution in [3.8, 4) is 0 Å². The Morgan fingerprint density at radius 1 is 1.20 bits per heavy atom. The minimum Gasteiger partial charge on any atom is -0.363 e. The number of fused-ring (bicyclic) bond motifs is 1. The van der Waals surface area contributed by atoms with Crippen molar-refractivity contribution in [3.05, 3.63) is 0 Å². The minimum absolute atomic E-state index is 0.00245. The lowest BCUT2D eigenvalue weighted by Gasteiger charge is -2.36. The van der Waals surface area contributed by atoms with Gasteiger partial charge in [-0.2, -0.15) is 0 Å². The maximum Gasteiger partial charge on any atom is 0.287 e. The fourth-order valence-electron chi connectivity index (χ4n) is 4.91. The first-order valence-corrected chi connectivity index (χ1v) is 11.0. The summed E-state index contributed by atoms with van der Waals surface area (Å²) in [6.07, 6.45) is 2.34. The topological polar surface area (TPSA) is 122 Å². The zero-order chi connectivity index (χ0) is 22.6. The number of halogens is 1. The van der Waals surface area contributed by atoms with Crippen molar-refractivity contribution in [1.82, 2.24) is 15.1 Å². The molecular formula is C21H33ClN4O4. The molecule has 3 fully saturated rings. The number of carbonyl (C=O) groups excluding carboxylic acids is 4. The van der Waals surface area contributed by atoms with Crippen LogP contribution >= 0.6 is 11.8 Å². The molecule has 9 heteroatoms. The summed E-state index contributed by atoms with van der Waals surface area (Å²) in [6.45, 7) is 10.3. The van der Waals surface area contributed by atoms with Gasteiger partial charge in [-0.25, -0.2) is 4.84 Å². The summed E-state index contributed by atoms with van der Waals surface area (Å²) in [5, 5.41) is 2.75. The molecule has 3 amide bonds. The first-order chi connectivity index (χ1) is 13.8. The number of amides is 3. The van der Waals surface area contributed by atoms with E-state index >= 15 is 0 Å². The van der Waals surface area contributed by atoms with Crippen molar-refractivity contribution in [1.29, 1.82) is 0 Å². The number of hydrogen-bond donors (Lipinski definition) is 3. The summed E-state index contributed by atoms with van der Waals surface area (Å²) < 4.78 is 0. The van der Waals surface area contributed by atoms with Crippen LogP contribution in [-0.4, -0.2) is 53.1 Å². The first kappa shape index (κ1) is 23.0. The summed E-state index contributed by atoms with van der Waals surface area (Å²) in [5.74, 6) is -1.94. The number of likely N-dealkylation sites (tertiary alicyclic amines) is 1. The third-order valence-corrected chi connectivity index (χ3v) is 7.34. The standard InChI is InChI=1S/C21H33ClN4O4/c1-20(2,3)16(25-22)19(30)26-9-11-13(21(11,4)5)14(26)18(29)24-12(8-10-6-7-10)15(27)17(23)28/h10-14,16,25H,6-9H2,1-5H3,(H2,23,28)(H,24,29). The fraction of sp³-hybridized carbons (Fsp3) is 0.810. The predicted molar refractivity (Wildman–Crippen MR) is 112 cm³/mol. The van der Waals surface area contributed by atoms with E-state index in [1.54, 1.807) is 4.90 Å². The maximum atomic E-state index is 13.3. The van der Waals surface area contributed by atoms with E-state index in [0.717, 1.165) is 12.8 Å². The quantitative estimate of drug-likeness (QED) is 0.383. The van der Waals surface area contributed by atoms with Gasteiger partial charge in [-0.3, -0.25) is 19.2 Å². The van der Waals surface area contributed by atoms with Gasteiger partial charge >= 0.3 is 0 Å². The molecule has 3 aliphatic rings. The van der Waals surface area contributed by atoms with Gasteiger partial charge in [0.05, 0.1) is 6.04 Å². The number of ketones is 1. The molecule has 1 heterocycles.